The molecule has 1 saturated heterocycles. The summed E-state index contributed by atoms with van der Waals surface area (Å²) >= 11 is 0. The summed E-state index contributed by atoms with van der Waals surface area (Å²) in [6.07, 6.45) is 3.75. The van der Waals surface area contributed by atoms with Gasteiger partial charge in [0, 0.05) is 24.8 Å². The molecule has 3 rings (SSSR count). The Balaban J connectivity index is 0.00000110. The fraction of sp³-hybridized carbons (Fsp3) is 0.714. The van der Waals surface area contributed by atoms with Crippen molar-refractivity contribution in [2.75, 3.05) is 6.54 Å². The van der Waals surface area contributed by atoms with Crippen molar-refractivity contribution in [2.24, 2.45) is 12.8 Å². The van der Waals surface area contributed by atoms with Gasteiger partial charge in [0.2, 0.25) is 5.91 Å². The van der Waals surface area contributed by atoms with Gasteiger partial charge in [0.25, 0.3) is 0 Å². The van der Waals surface area contributed by atoms with Crippen molar-refractivity contribution >= 4 is 30.7 Å². The molecule has 7 heteroatoms. The van der Waals surface area contributed by atoms with Gasteiger partial charge in [-0.1, -0.05) is 0 Å². The van der Waals surface area contributed by atoms with Crippen LogP contribution < -0.4 is 5.73 Å². The molecular formula is C14H24Cl2N4O. The van der Waals surface area contributed by atoms with Gasteiger partial charge < -0.3 is 10.6 Å². The third kappa shape index (κ3) is 2.91. The van der Waals surface area contributed by atoms with Crippen LogP contribution in [0.3, 0.4) is 0 Å². The van der Waals surface area contributed by atoms with Crippen LogP contribution in [0.2, 0.25) is 0 Å². The van der Waals surface area contributed by atoms with Crippen LogP contribution in [0.1, 0.15) is 48.7 Å². The molecule has 1 unspecified atom stereocenters. The zero-order chi connectivity index (χ0) is 13.8. The Kier molecular flexibility index (Phi) is 5.35. The fourth-order valence-electron chi connectivity index (χ4n) is 3.22. The minimum atomic E-state index is -0.563. The van der Waals surface area contributed by atoms with E-state index in [0.717, 1.165) is 43.6 Å². The average Bonchev–Trinajstić information content (AvgIpc) is 2.84. The molecule has 1 aromatic rings. The fourth-order valence-corrected chi connectivity index (χ4v) is 3.22. The monoisotopic (exact) mass is 334 g/mol. The molecule has 0 spiro atoms. The van der Waals surface area contributed by atoms with Crippen molar-refractivity contribution in [2.45, 2.75) is 51.1 Å². The third-order valence-electron chi connectivity index (χ3n) is 4.63. The number of rotatable bonds is 2. The van der Waals surface area contributed by atoms with E-state index in [1.165, 1.54) is 5.56 Å². The topological polar surface area (TPSA) is 64.2 Å². The highest BCUT2D eigenvalue weighted by Gasteiger charge is 2.50. The second kappa shape index (κ2) is 6.15. The number of aryl methyl sites for hydroxylation is 2. The molecule has 2 heterocycles. The molecule has 0 aromatic carbocycles. The van der Waals surface area contributed by atoms with Gasteiger partial charge in [-0.05, 0) is 39.5 Å². The number of hydrogen-bond donors (Lipinski definition) is 1. The van der Waals surface area contributed by atoms with Gasteiger partial charge in [0.05, 0.1) is 17.3 Å². The number of hydrogen-bond acceptors (Lipinski definition) is 3. The van der Waals surface area contributed by atoms with E-state index in [1.54, 1.807) is 0 Å². The molecule has 5 nitrogen and oxygen atoms in total. The lowest BCUT2D eigenvalue weighted by Crippen LogP contribution is -2.45. The SMILES string of the molecule is Cc1nn(C)c(C)c1C1CCCN1C(=O)C1(N)CC1.Cl.Cl. The Hall–Kier alpha value is -0.780. The van der Waals surface area contributed by atoms with Gasteiger partial charge in [0.15, 0.2) is 0 Å². The number of aromatic nitrogens is 2. The highest BCUT2D eigenvalue weighted by atomic mass is 35.5. The first-order chi connectivity index (χ1) is 8.94. The van der Waals surface area contributed by atoms with Crippen molar-refractivity contribution in [1.29, 1.82) is 0 Å². The minimum Gasteiger partial charge on any atom is -0.334 e. The van der Waals surface area contributed by atoms with Crippen LogP contribution in [0.15, 0.2) is 0 Å². The largest absolute Gasteiger partial charge is 0.334 e. The Morgan fingerprint density at radius 1 is 1.33 bits per heavy atom. The summed E-state index contributed by atoms with van der Waals surface area (Å²) in [4.78, 5) is 14.5. The summed E-state index contributed by atoms with van der Waals surface area (Å²) in [5.41, 5.74) is 8.93. The maximum atomic E-state index is 12.5. The summed E-state index contributed by atoms with van der Waals surface area (Å²) in [6.45, 7) is 4.93. The van der Waals surface area contributed by atoms with E-state index in [1.807, 2.05) is 23.6 Å². The number of carbonyl (C=O) groups is 1. The molecule has 1 amide bonds. The normalized spacial score (nSPS) is 22.5. The molecule has 120 valence electrons. The number of likely N-dealkylation sites (tertiary alicyclic amines) is 1. The molecule has 1 atom stereocenters. The van der Waals surface area contributed by atoms with Gasteiger partial charge in [-0.15, -0.1) is 24.8 Å². The molecule has 2 aliphatic rings. The highest BCUT2D eigenvalue weighted by Crippen LogP contribution is 2.41. The van der Waals surface area contributed by atoms with Crippen molar-refractivity contribution in [1.82, 2.24) is 14.7 Å². The number of carbonyl (C=O) groups excluding carboxylic acids is 1. The maximum Gasteiger partial charge on any atom is 0.243 e. The van der Waals surface area contributed by atoms with E-state index in [9.17, 15) is 4.79 Å². The minimum absolute atomic E-state index is 0. The van der Waals surface area contributed by atoms with E-state index in [-0.39, 0.29) is 36.8 Å². The average molecular weight is 335 g/mol. The Morgan fingerprint density at radius 2 is 1.95 bits per heavy atom. The van der Waals surface area contributed by atoms with Crippen molar-refractivity contribution in [3.63, 3.8) is 0 Å². The van der Waals surface area contributed by atoms with Gasteiger partial charge in [-0.25, -0.2) is 0 Å². The Morgan fingerprint density at radius 3 is 2.43 bits per heavy atom. The van der Waals surface area contributed by atoms with Gasteiger partial charge in [-0.3, -0.25) is 9.48 Å². The molecule has 1 saturated carbocycles. The number of nitrogens with two attached hydrogens (primary N) is 1. The maximum absolute atomic E-state index is 12.5. The quantitative estimate of drug-likeness (QED) is 0.899. The van der Waals surface area contributed by atoms with E-state index in [0.29, 0.717) is 0 Å². The zero-order valence-corrected chi connectivity index (χ0v) is 14.4. The summed E-state index contributed by atoms with van der Waals surface area (Å²) in [7, 11) is 1.96. The summed E-state index contributed by atoms with van der Waals surface area (Å²) < 4.78 is 1.90. The van der Waals surface area contributed by atoms with Crippen molar-refractivity contribution in [3.05, 3.63) is 17.0 Å². The molecule has 2 N–H and O–H groups in total. The van der Waals surface area contributed by atoms with Crippen LogP contribution in [-0.2, 0) is 11.8 Å². The molecule has 0 radical (unpaired) electrons. The second-order valence-electron chi connectivity index (χ2n) is 6.02. The zero-order valence-electron chi connectivity index (χ0n) is 12.8. The highest BCUT2D eigenvalue weighted by molar-refractivity contribution is 5.89. The van der Waals surface area contributed by atoms with E-state index < -0.39 is 5.54 Å². The van der Waals surface area contributed by atoms with Crippen LogP contribution in [-0.4, -0.2) is 32.7 Å². The lowest BCUT2D eigenvalue weighted by Gasteiger charge is -2.28. The predicted molar refractivity (Wildman–Crippen MR) is 87.0 cm³/mol. The standard InChI is InChI=1S/C14H22N4O.2ClH/c1-9-12(10(2)17(3)16-9)11-5-4-8-18(11)13(19)14(15)6-7-14;;/h11H,4-8,15H2,1-3H3;2*1H. The molecular weight excluding hydrogens is 311 g/mol. The van der Waals surface area contributed by atoms with Crippen LogP contribution in [0, 0.1) is 13.8 Å². The molecule has 1 aliphatic carbocycles. The van der Waals surface area contributed by atoms with Crippen molar-refractivity contribution in [3.8, 4) is 0 Å². The summed E-state index contributed by atoms with van der Waals surface area (Å²) in [5, 5.41) is 4.47. The second-order valence-corrected chi connectivity index (χ2v) is 6.02. The molecule has 1 aromatic heterocycles. The Bertz CT molecular complexity index is 539. The molecule has 2 fully saturated rings. The van der Waals surface area contributed by atoms with Gasteiger partial charge in [0.1, 0.15) is 0 Å². The molecule has 21 heavy (non-hydrogen) atoms. The van der Waals surface area contributed by atoms with Crippen molar-refractivity contribution < 1.29 is 4.79 Å². The number of halogens is 2. The van der Waals surface area contributed by atoms with Crippen LogP contribution in [0.5, 0.6) is 0 Å². The first-order valence-corrected chi connectivity index (χ1v) is 7.04. The smallest absolute Gasteiger partial charge is 0.243 e. The first kappa shape index (κ1) is 18.3. The Labute approximate surface area is 138 Å². The van der Waals surface area contributed by atoms with Crippen LogP contribution in [0.25, 0.3) is 0 Å². The van der Waals surface area contributed by atoms with Crippen LogP contribution >= 0.6 is 24.8 Å². The predicted octanol–water partition coefficient (Wildman–Crippen LogP) is 2.04. The number of amides is 1. The van der Waals surface area contributed by atoms with E-state index >= 15 is 0 Å². The summed E-state index contributed by atoms with van der Waals surface area (Å²) in [6, 6.07) is 0.169. The first-order valence-electron chi connectivity index (χ1n) is 7.04. The lowest BCUT2D eigenvalue weighted by molar-refractivity contribution is -0.134. The van der Waals surface area contributed by atoms with Crippen LogP contribution in [0.4, 0.5) is 0 Å². The van der Waals surface area contributed by atoms with E-state index in [4.69, 9.17) is 5.73 Å². The molecule has 1 aliphatic heterocycles. The number of nitrogens with zero attached hydrogens (tertiary/aromatic N) is 3. The van der Waals surface area contributed by atoms with Gasteiger partial charge in [-0.2, -0.15) is 5.10 Å². The van der Waals surface area contributed by atoms with E-state index in [2.05, 4.69) is 12.0 Å². The van der Waals surface area contributed by atoms with Gasteiger partial charge >= 0.3 is 0 Å². The molecule has 0 bridgehead atoms. The lowest BCUT2D eigenvalue weighted by atomic mass is 10.0. The third-order valence-corrected chi connectivity index (χ3v) is 4.63. The summed E-state index contributed by atoms with van der Waals surface area (Å²) in [5.74, 6) is 0.137.